The van der Waals surface area contributed by atoms with Crippen molar-refractivity contribution in [2.75, 3.05) is 0 Å². The largest absolute Gasteiger partial charge is 0.293 e. The number of para-hydroxylation sites is 2. The second-order valence-corrected chi connectivity index (χ2v) is 13.1. The average molecular weight is 665 g/mol. The second-order valence-electron chi connectivity index (χ2n) is 13.1. The maximum atomic E-state index is 5.33. The van der Waals surface area contributed by atoms with Crippen molar-refractivity contribution < 1.29 is 0 Å². The Labute approximate surface area is 297 Å². The molecule has 6 nitrogen and oxygen atoms in total. The monoisotopic (exact) mass is 664 g/mol. The van der Waals surface area contributed by atoms with Crippen LogP contribution in [0.25, 0.3) is 99.7 Å². The molecular formula is C46H28N6. The van der Waals surface area contributed by atoms with Crippen LogP contribution in [-0.4, -0.2) is 29.1 Å². The number of fused-ring (bicyclic) bond motifs is 9. The molecule has 0 aliphatic heterocycles. The molecule has 0 spiro atoms. The van der Waals surface area contributed by atoms with Crippen LogP contribution in [0, 0.1) is 0 Å². The maximum Gasteiger partial charge on any atom is 0.238 e. The SMILES string of the molecule is c1ccc(-n2c3ccccc3c3ccc4c(c5ccccc5n4-c4nc(-c5cccc6ccccc56)nc(-c5cccc6ccccc56)n4)c32)nc1. The van der Waals surface area contributed by atoms with E-state index in [1.54, 1.807) is 0 Å². The summed E-state index contributed by atoms with van der Waals surface area (Å²) in [6.45, 7) is 0. The smallest absolute Gasteiger partial charge is 0.238 e. The number of aromatic nitrogens is 6. The minimum absolute atomic E-state index is 0.562. The summed E-state index contributed by atoms with van der Waals surface area (Å²) in [5.41, 5.74) is 6.15. The van der Waals surface area contributed by atoms with E-state index in [1.165, 1.54) is 10.8 Å². The second kappa shape index (κ2) is 11.2. The zero-order chi connectivity index (χ0) is 34.2. The van der Waals surface area contributed by atoms with E-state index in [2.05, 4.69) is 161 Å². The van der Waals surface area contributed by atoms with Gasteiger partial charge < -0.3 is 0 Å². The zero-order valence-electron chi connectivity index (χ0n) is 27.8. The molecule has 0 fully saturated rings. The van der Waals surface area contributed by atoms with Crippen LogP contribution < -0.4 is 0 Å². The van der Waals surface area contributed by atoms with Gasteiger partial charge in [0, 0.05) is 38.9 Å². The van der Waals surface area contributed by atoms with Gasteiger partial charge in [0.25, 0.3) is 0 Å². The van der Waals surface area contributed by atoms with E-state index >= 15 is 0 Å². The zero-order valence-corrected chi connectivity index (χ0v) is 27.8. The Bertz CT molecular complexity index is 3090. The van der Waals surface area contributed by atoms with Gasteiger partial charge in [0.05, 0.1) is 22.1 Å². The maximum absolute atomic E-state index is 5.33. The summed E-state index contributed by atoms with van der Waals surface area (Å²) in [5.74, 6) is 2.68. The fourth-order valence-corrected chi connectivity index (χ4v) is 7.99. The topological polar surface area (TPSA) is 61.4 Å². The molecule has 4 heterocycles. The third-order valence-electron chi connectivity index (χ3n) is 10.2. The van der Waals surface area contributed by atoms with Gasteiger partial charge in [-0.25, -0.2) is 9.97 Å². The molecule has 52 heavy (non-hydrogen) atoms. The van der Waals surface area contributed by atoms with Crippen LogP contribution >= 0.6 is 0 Å². The summed E-state index contributed by atoms with van der Waals surface area (Å²) < 4.78 is 4.50. The minimum Gasteiger partial charge on any atom is -0.293 e. The van der Waals surface area contributed by atoms with Gasteiger partial charge in [0.2, 0.25) is 5.95 Å². The first-order chi connectivity index (χ1) is 25.8. The van der Waals surface area contributed by atoms with Crippen molar-refractivity contribution in [3.8, 4) is 34.5 Å². The van der Waals surface area contributed by atoms with Gasteiger partial charge in [0.1, 0.15) is 5.82 Å². The molecule has 0 atom stereocenters. The van der Waals surface area contributed by atoms with E-state index in [-0.39, 0.29) is 0 Å². The summed E-state index contributed by atoms with van der Waals surface area (Å²) in [5, 5.41) is 9.03. The summed E-state index contributed by atoms with van der Waals surface area (Å²) in [4.78, 5) is 20.7. The molecule has 4 aromatic heterocycles. The van der Waals surface area contributed by atoms with Gasteiger partial charge in [-0.3, -0.25) is 9.13 Å². The Morgan fingerprint density at radius 1 is 0.365 bits per heavy atom. The van der Waals surface area contributed by atoms with E-state index in [4.69, 9.17) is 19.9 Å². The number of hydrogen-bond acceptors (Lipinski definition) is 4. The van der Waals surface area contributed by atoms with Gasteiger partial charge in [-0.15, -0.1) is 0 Å². The van der Waals surface area contributed by atoms with Crippen molar-refractivity contribution in [3.63, 3.8) is 0 Å². The highest BCUT2D eigenvalue weighted by atomic mass is 15.2. The summed E-state index contributed by atoms with van der Waals surface area (Å²) in [6, 6.07) is 57.1. The van der Waals surface area contributed by atoms with Gasteiger partial charge >= 0.3 is 0 Å². The van der Waals surface area contributed by atoms with Crippen LogP contribution in [0.15, 0.2) is 170 Å². The number of benzene rings is 7. The van der Waals surface area contributed by atoms with Crippen molar-refractivity contribution in [2.45, 2.75) is 0 Å². The van der Waals surface area contributed by atoms with Crippen molar-refractivity contribution in [1.29, 1.82) is 0 Å². The minimum atomic E-state index is 0.562. The highest BCUT2D eigenvalue weighted by molar-refractivity contribution is 6.26. The normalized spacial score (nSPS) is 11.8. The first kappa shape index (κ1) is 28.6. The highest BCUT2D eigenvalue weighted by Gasteiger charge is 2.23. The van der Waals surface area contributed by atoms with Crippen LogP contribution in [-0.2, 0) is 0 Å². The van der Waals surface area contributed by atoms with Crippen LogP contribution in [0.3, 0.4) is 0 Å². The lowest BCUT2D eigenvalue weighted by Gasteiger charge is -2.13. The Morgan fingerprint density at radius 3 is 1.58 bits per heavy atom. The fraction of sp³-hybridized carbons (Fsp3) is 0. The summed E-state index contributed by atoms with van der Waals surface area (Å²) in [7, 11) is 0. The molecule has 0 unspecified atom stereocenters. The van der Waals surface area contributed by atoms with Crippen molar-refractivity contribution >= 4 is 65.2 Å². The molecule has 0 saturated heterocycles. The van der Waals surface area contributed by atoms with Gasteiger partial charge in [-0.2, -0.15) is 9.97 Å². The lowest BCUT2D eigenvalue weighted by atomic mass is 10.0. The first-order valence-corrected chi connectivity index (χ1v) is 17.4. The van der Waals surface area contributed by atoms with Crippen LogP contribution in [0.5, 0.6) is 0 Å². The van der Waals surface area contributed by atoms with E-state index in [0.717, 1.165) is 71.3 Å². The fourth-order valence-electron chi connectivity index (χ4n) is 7.99. The Morgan fingerprint density at radius 2 is 0.923 bits per heavy atom. The predicted octanol–water partition coefficient (Wildman–Crippen LogP) is 11.1. The molecular weight excluding hydrogens is 637 g/mol. The lowest BCUT2D eigenvalue weighted by Crippen LogP contribution is -2.06. The number of hydrogen-bond donors (Lipinski definition) is 0. The van der Waals surface area contributed by atoms with Crippen LogP contribution in [0.2, 0.25) is 0 Å². The molecule has 11 rings (SSSR count). The first-order valence-electron chi connectivity index (χ1n) is 17.4. The van der Waals surface area contributed by atoms with Gasteiger partial charge in [0.15, 0.2) is 11.6 Å². The molecule has 0 saturated carbocycles. The molecule has 0 N–H and O–H groups in total. The molecule has 242 valence electrons. The van der Waals surface area contributed by atoms with E-state index in [1.807, 2.05) is 18.3 Å². The highest BCUT2D eigenvalue weighted by Crippen LogP contribution is 2.42. The molecule has 7 aromatic carbocycles. The van der Waals surface area contributed by atoms with Gasteiger partial charge in [-0.1, -0.05) is 133 Å². The molecule has 0 bridgehead atoms. The van der Waals surface area contributed by atoms with E-state index < -0.39 is 0 Å². The van der Waals surface area contributed by atoms with Crippen LogP contribution in [0.4, 0.5) is 0 Å². The predicted molar refractivity (Wildman–Crippen MR) is 212 cm³/mol. The Balaban J connectivity index is 1.28. The molecule has 11 aromatic rings. The quantitative estimate of drug-likeness (QED) is 0.188. The van der Waals surface area contributed by atoms with Crippen molar-refractivity contribution in [3.05, 3.63) is 170 Å². The number of nitrogens with zero attached hydrogens (tertiary/aromatic N) is 6. The van der Waals surface area contributed by atoms with Crippen molar-refractivity contribution in [1.82, 2.24) is 29.1 Å². The summed E-state index contributed by atoms with van der Waals surface area (Å²) >= 11 is 0. The molecule has 0 amide bonds. The third kappa shape index (κ3) is 4.18. The average Bonchev–Trinajstić information content (AvgIpc) is 3.73. The molecule has 6 heteroatoms. The molecule has 0 radical (unpaired) electrons. The lowest BCUT2D eigenvalue weighted by molar-refractivity contribution is 0.955. The summed E-state index contributed by atoms with van der Waals surface area (Å²) in [6.07, 6.45) is 1.85. The standard InChI is InChI=1S/C46H28N6/c1-3-17-31-29(13-1)15-11-21-35(31)44-48-45(36-22-12-16-30-14-2-4-18-32(30)36)50-46(49-44)51-39-24-8-6-20-37(39)42-40(51)27-26-34-33-19-5-7-23-38(33)52(43(34)42)41-25-9-10-28-47-41/h1-28H. The molecule has 0 aliphatic carbocycles. The third-order valence-corrected chi connectivity index (χ3v) is 10.2. The number of pyridine rings is 1. The van der Waals surface area contributed by atoms with Crippen molar-refractivity contribution in [2.24, 2.45) is 0 Å². The Kier molecular flexibility index (Phi) is 6.15. The number of rotatable bonds is 4. The molecule has 0 aliphatic rings. The van der Waals surface area contributed by atoms with Gasteiger partial charge in [-0.05, 0) is 51.9 Å². The Hall–Kier alpha value is -7.18. The van der Waals surface area contributed by atoms with Crippen LogP contribution in [0.1, 0.15) is 0 Å². The van der Waals surface area contributed by atoms with E-state index in [0.29, 0.717) is 17.6 Å². The van der Waals surface area contributed by atoms with E-state index in [9.17, 15) is 0 Å².